The van der Waals surface area contributed by atoms with Gasteiger partial charge in [0.1, 0.15) is 5.76 Å². The van der Waals surface area contributed by atoms with E-state index in [0.29, 0.717) is 30.1 Å². The second-order valence-electron chi connectivity index (χ2n) is 7.25. The SMILES string of the molecule is Cc1ccc2c(c1)cc(CN(Cc1ccco1)C(=O)c1ccccc1)c1nnnn12. The Bertz CT molecular complexity index is 1330. The fourth-order valence-electron chi connectivity index (χ4n) is 3.66. The van der Waals surface area contributed by atoms with Crippen LogP contribution in [0, 0.1) is 6.92 Å². The van der Waals surface area contributed by atoms with Crippen molar-refractivity contribution in [3.05, 3.63) is 95.4 Å². The molecule has 0 fully saturated rings. The van der Waals surface area contributed by atoms with Gasteiger partial charge in [-0.1, -0.05) is 29.8 Å². The van der Waals surface area contributed by atoms with Crippen LogP contribution < -0.4 is 0 Å². The standard InChI is InChI=1S/C23H19N5O2/c1-16-9-10-21-18(12-16)13-19(22-24-25-26-28(21)22)14-27(15-20-8-5-11-30-20)23(29)17-6-3-2-4-7-17/h2-13H,14-15H2,1H3. The lowest BCUT2D eigenvalue weighted by molar-refractivity contribution is 0.0718. The predicted molar refractivity (Wildman–Crippen MR) is 112 cm³/mol. The number of hydrogen-bond donors (Lipinski definition) is 0. The number of aromatic nitrogens is 4. The summed E-state index contributed by atoms with van der Waals surface area (Å²) >= 11 is 0. The van der Waals surface area contributed by atoms with Gasteiger partial charge in [-0.05, 0) is 59.8 Å². The Morgan fingerprint density at radius 3 is 2.70 bits per heavy atom. The summed E-state index contributed by atoms with van der Waals surface area (Å²) in [6.45, 7) is 2.74. The molecule has 0 atom stereocenters. The summed E-state index contributed by atoms with van der Waals surface area (Å²) in [5, 5.41) is 13.3. The maximum atomic E-state index is 13.3. The Hall–Kier alpha value is -4.00. The van der Waals surface area contributed by atoms with E-state index in [1.54, 1.807) is 15.7 Å². The molecule has 7 heteroatoms. The van der Waals surface area contributed by atoms with Crippen LogP contribution in [0.1, 0.15) is 27.2 Å². The molecule has 0 aliphatic rings. The Balaban J connectivity index is 1.59. The molecule has 0 aliphatic heterocycles. The van der Waals surface area contributed by atoms with Crippen LogP contribution >= 0.6 is 0 Å². The number of benzene rings is 2. The molecule has 0 N–H and O–H groups in total. The van der Waals surface area contributed by atoms with Crippen molar-refractivity contribution >= 4 is 22.5 Å². The number of amides is 1. The number of rotatable bonds is 5. The molecule has 2 aromatic carbocycles. The maximum Gasteiger partial charge on any atom is 0.254 e. The molecular weight excluding hydrogens is 378 g/mol. The Morgan fingerprint density at radius 1 is 1.03 bits per heavy atom. The van der Waals surface area contributed by atoms with Crippen molar-refractivity contribution in [1.82, 2.24) is 24.9 Å². The quantitative estimate of drug-likeness (QED) is 0.448. The zero-order valence-electron chi connectivity index (χ0n) is 16.4. The molecular formula is C23H19N5O2. The first-order valence-electron chi connectivity index (χ1n) is 9.66. The lowest BCUT2D eigenvalue weighted by Crippen LogP contribution is -2.30. The van der Waals surface area contributed by atoms with E-state index in [9.17, 15) is 4.79 Å². The van der Waals surface area contributed by atoms with E-state index < -0.39 is 0 Å². The minimum Gasteiger partial charge on any atom is -0.467 e. The van der Waals surface area contributed by atoms with Crippen molar-refractivity contribution in [1.29, 1.82) is 0 Å². The van der Waals surface area contributed by atoms with Crippen molar-refractivity contribution in [2.45, 2.75) is 20.0 Å². The molecule has 5 aromatic rings. The van der Waals surface area contributed by atoms with Crippen LogP contribution in [-0.2, 0) is 13.1 Å². The van der Waals surface area contributed by atoms with E-state index in [4.69, 9.17) is 4.42 Å². The second-order valence-corrected chi connectivity index (χ2v) is 7.25. The van der Waals surface area contributed by atoms with E-state index in [1.165, 1.54) is 0 Å². The smallest absolute Gasteiger partial charge is 0.254 e. The summed E-state index contributed by atoms with van der Waals surface area (Å²) in [5.74, 6) is 0.633. The van der Waals surface area contributed by atoms with Gasteiger partial charge in [-0.15, -0.1) is 5.10 Å². The van der Waals surface area contributed by atoms with Crippen molar-refractivity contribution in [3.8, 4) is 0 Å². The molecule has 3 aromatic heterocycles. The van der Waals surface area contributed by atoms with Gasteiger partial charge in [-0.25, -0.2) is 0 Å². The summed E-state index contributed by atoms with van der Waals surface area (Å²) in [4.78, 5) is 15.0. The van der Waals surface area contributed by atoms with Gasteiger partial charge in [0, 0.05) is 16.5 Å². The van der Waals surface area contributed by atoms with Crippen molar-refractivity contribution < 1.29 is 9.21 Å². The fraction of sp³-hybridized carbons (Fsp3) is 0.130. The van der Waals surface area contributed by atoms with Crippen molar-refractivity contribution in [3.63, 3.8) is 0 Å². The maximum absolute atomic E-state index is 13.3. The van der Waals surface area contributed by atoms with E-state index in [0.717, 1.165) is 22.0 Å². The Kier molecular flexibility index (Phi) is 4.48. The zero-order valence-corrected chi connectivity index (χ0v) is 16.4. The first-order valence-corrected chi connectivity index (χ1v) is 9.66. The molecule has 0 saturated heterocycles. The summed E-state index contributed by atoms with van der Waals surface area (Å²) in [7, 11) is 0. The van der Waals surface area contributed by atoms with Gasteiger partial charge in [0.15, 0.2) is 5.65 Å². The van der Waals surface area contributed by atoms with Gasteiger partial charge in [-0.2, -0.15) is 4.52 Å². The van der Waals surface area contributed by atoms with Gasteiger partial charge in [0.25, 0.3) is 5.91 Å². The molecule has 0 bridgehead atoms. The molecule has 0 spiro atoms. The molecule has 0 radical (unpaired) electrons. The lowest BCUT2D eigenvalue weighted by atomic mass is 10.1. The first-order chi connectivity index (χ1) is 14.7. The molecule has 1 amide bonds. The molecule has 3 heterocycles. The number of carbonyl (C=O) groups excluding carboxylic acids is 1. The van der Waals surface area contributed by atoms with Crippen molar-refractivity contribution in [2.24, 2.45) is 0 Å². The van der Waals surface area contributed by atoms with Crippen LogP contribution in [0.2, 0.25) is 0 Å². The topological polar surface area (TPSA) is 76.5 Å². The van der Waals surface area contributed by atoms with Gasteiger partial charge in [-0.3, -0.25) is 4.79 Å². The largest absolute Gasteiger partial charge is 0.467 e. The summed E-state index contributed by atoms with van der Waals surface area (Å²) in [6, 6.07) is 21.1. The molecule has 30 heavy (non-hydrogen) atoms. The lowest BCUT2D eigenvalue weighted by Gasteiger charge is -2.22. The number of hydrogen-bond acceptors (Lipinski definition) is 5. The number of fused-ring (bicyclic) bond motifs is 3. The number of aryl methyl sites for hydroxylation is 1. The van der Waals surface area contributed by atoms with Crippen LogP contribution in [0.25, 0.3) is 16.6 Å². The van der Waals surface area contributed by atoms with E-state index in [2.05, 4.69) is 27.7 Å². The van der Waals surface area contributed by atoms with E-state index in [1.807, 2.05) is 61.5 Å². The first kappa shape index (κ1) is 18.1. The van der Waals surface area contributed by atoms with E-state index >= 15 is 0 Å². The third-order valence-corrected chi connectivity index (χ3v) is 5.09. The average Bonchev–Trinajstić information content (AvgIpc) is 3.45. The molecule has 5 rings (SSSR count). The minimum absolute atomic E-state index is 0.0815. The van der Waals surface area contributed by atoms with Crippen molar-refractivity contribution in [2.75, 3.05) is 0 Å². The predicted octanol–water partition coefficient (Wildman–Crippen LogP) is 4.02. The monoisotopic (exact) mass is 397 g/mol. The summed E-state index contributed by atoms with van der Waals surface area (Å²) < 4.78 is 7.23. The van der Waals surface area contributed by atoms with Crippen LogP contribution in [0.3, 0.4) is 0 Å². The normalized spacial score (nSPS) is 11.2. The van der Waals surface area contributed by atoms with Gasteiger partial charge < -0.3 is 9.32 Å². The number of furan rings is 1. The average molecular weight is 397 g/mol. The zero-order chi connectivity index (χ0) is 20.5. The number of tetrazole rings is 1. The molecule has 148 valence electrons. The Labute approximate surface area is 172 Å². The van der Waals surface area contributed by atoms with Gasteiger partial charge in [0.2, 0.25) is 0 Å². The van der Waals surface area contributed by atoms with Crippen LogP contribution in [0.5, 0.6) is 0 Å². The number of nitrogens with zero attached hydrogens (tertiary/aromatic N) is 5. The highest BCUT2D eigenvalue weighted by molar-refractivity contribution is 5.94. The fourth-order valence-corrected chi connectivity index (χ4v) is 3.66. The minimum atomic E-state index is -0.0815. The summed E-state index contributed by atoms with van der Waals surface area (Å²) in [5.41, 5.74) is 4.20. The third kappa shape index (κ3) is 3.30. The van der Waals surface area contributed by atoms with Crippen LogP contribution in [0.15, 0.2) is 77.4 Å². The third-order valence-electron chi connectivity index (χ3n) is 5.09. The molecule has 0 aliphatic carbocycles. The highest BCUT2D eigenvalue weighted by atomic mass is 16.3. The second kappa shape index (κ2) is 7.44. The highest BCUT2D eigenvalue weighted by Gasteiger charge is 2.20. The molecule has 7 nitrogen and oxygen atoms in total. The summed E-state index contributed by atoms with van der Waals surface area (Å²) in [6.07, 6.45) is 1.61. The van der Waals surface area contributed by atoms with Crippen LogP contribution in [0.4, 0.5) is 0 Å². The van der Waals surface area contributed by atoms with E-state index in [-0.39, 0.29) is 5.91 Å². The number of carbonyl (C=O) groups is 1. The molecule has 0 saturated carbocycles. The Morgan fingerprint density at radius 2 is 1.90 bits per heavy atom. The van der Waals surface area contributed by atoms with Gasteiger partial charge >= 0.3 is 0 Å². The van der Waals surface area contributed by atoms with Gasteiger partial charge in [0.05, 0.1) is 24.9 Å². The number of pyridine rings is 1. The highest BCUT2D eigenvalue weighted by Crippen LogP contribution is 2.23. The molecule has 0 unspecified atom stereocenters. The van der Waals surface area contributed by atoms with Crippen LogP contribution in [-0.4, -0.2) is 30.8 Å².